The fourth-order valence-corrected chi connectivity index (χ4v) is 1.29. The van der Waals surface area contributed by atoms with E-state index in [0.717, 1.165) is 0 Å². The Morgan fingerprint density at radius 1 is 1.30 bits per heavy atom. The second kappa shape index (κ2) is 8.56. The van der Waals surface area contributed by atoms with Crippen LogP contribution in [0.15, 0.2) is 24.3 Å². The molecule has 0 aromatic heterocycles. The van der Waals surface area contributed by atoms with Crippen molar-refractivity contribution in [3.63, 3.8) is 0 Å². The van der Waals surface area contributed by atoms with Crippen LogP contribution in [0, 0.1) is 12.3 Å². The summed E-state index contributed by atoms with van der Waals surface area (Å²) in [5.41, 5.74) is 0.628. The highest BCUT2D eigenvalue weighted by atomic mass is 16.6. The molecule has 0 radical (unpaired) electrons. The van der Waals surface area contributed by atoms with Gasteiger partial charge in [0.15, 0.2) is 6.61 Å². The highest BCUT2D eigenvalue weighted by Crippen LogP contribution is 2.15. The Labute approximate surface area is 117 Å². The summed E-state index contributed by atoms with van der Waals surface area (Å²) in [7, 11) is 1.29. The van der Waals surface area contributed by atoms with Gasteiger partial charge in [-0.2, -0.15) is 0 Å². The summed E-state index contributed by atoms with van der Waals surface area (Å²) in [6, 6.07) is 6.64. The number of hydrogen-bond donors (Lipinski definition) is 2. The Morgan fingerprint density at radius 3 is 2.60 bits per heavy atom. The largest absolute Gasteiger partial charge is 0.482 e. The Hall–Kier alpha value is -2.52. The molecule has 0 saturated heterocycles. The molecule has 6 nitrogen and oxygen atoms in total. The second-order valence-corrected chi connectivity index (χ2v) is 3.75. The van der Waals surface area contributed by atoms with E-state index in [4.69, 9.17) is 11.2 Å². The van der Waals surface area contributed by atoms with Crippen molar-refractivity contribution in [2.45, 2.75) is 0 Å². The molecular formula is C14H16N2O4. The highest BCUT2D eigenvalue weighted by Gasteiger charge is 2.03. The molecule has 1 aromatic carbocycles. The maximum Gasteiger partial charge on any atom is 0.343 e. The van der Waals surface area contributed by atoms with Crippen molar-refractivity contribution < 1.29 is 19.1 Å². The number of ether oxygens (including phenoxy) is 2. The summed E-state index contributed by atoms with van der Waals surface area (Å²) in [6.45, 7) is 0.330. The zero-order valence-corrected chi connectivity index (χ0v) is 11.1. The molecule has 1 amide bonds. The van der Waals surface area contributed by atoms with Crippen molar-refractivity contribution in [2.75, 3.05) is 32.1 Å². The molecule has 20 heavy (non-hydrogen) atoms. The molecule has 0 atom stereocenters. The molecule has 1 aromatic rings. The SMILES string of the molecule is C#CCNCC(=O)Nc1ccc(OCC(=O)OC)cc1. The Morgan fingerprint density at radius 2 is 2.00 bits per heavy atom. The molecule has 106 valence electrons. The first kappa shape index (κ1) is 15.5. The zero-order valence-electron chi connectivity index (χ0n) is 11.1. The molecule has 0 aliphatic carbocycles. The van der Waals surface area contributed by atoms with E-state index in [0.29, 0.717) is 18.0 Å². The van der Waals surface area contributed by atoms with Gasteiger partial charge in [-0.25, -0.2) is 4.79 Å². The van der Waals surface area contributed by atoms with Gasteiger partial charge in [0.1, 0.15) is 5.75 Å². The molecule has 0 saturated carbocycles. The van der Waals surface area contributed by atoms with Crippen molar-refractivity contribution in [1.29, 1.82) is 0 Å². The Balaban J connectivity index is 2.40. The van der Waals surface area contributed by atoms with Gasteiger partial charge < -0.3 is 14.8 Å². The van der Waals surface area contributed by atoms with E-state index in [2.05, 4.69) is 21.3 Å². The van der Waals surface area contributed by atoms with Crippen LogP contribution in [0.4, 0.5) is 5.69 Å². The molecule has 0 aliphatic rings. The van der Waals surface area contributed by atoms with Crippen LogP contribution >= 0.6 is 0 Å². The van der Waals surface area contributed by atoms with Crippen LogP contribution in [0.1, 0.15) is 0 Å². The van der Waals surface area contributed by atoms with Crippen LogP contribution in [-0.4, -0.2) is 38.7 Å². The number of carbonyl (C=O) groups is 2. The first-order valence-corrected chi connectivity index (χ1v) is 5.89. The summed E-state index contributed by atoms with van der Waals surface area (Å²) >= 11 is 0. The standard InChI is InChI=1S/C14H16N2O4/c1-3-8-15-9-13(17)16-11-4-6-12(7-5-11)20-10-14(18)19-2/h1,4-7,15H,8-10H2,2H3,(H,16,17). The van der Waals surface area contributed by atoms with Crippen molar-refractivity contribution in [2.24, 2.45) is 0 Å². The minimum atomic E-state index is -0.457. The maximum atomic E-state index is 11.5. The van der Waals surface area contributed by atoms with Crippen molar-refractivity contribution in [3.8, 4) is 18.1 Å². The summed E-state index contributed by atoms with van der Waals surface area (Å²) in [5, 5.41) is 5.47. The van der Waals surface area contributed by atoms with E-state index in [1.807, 2.05) is 0 Å². The van der Waals surface area contributed by atoms with Crippen molar-refractivity contribution in [3.05, 3.63) is 24.3 Å². The minimum absolute atomic E-state index is 0.144. The summed E-state index contributed by atoms with van der Waals surface area (Å²) < 4.78 is 9.63. The predicted molar refractivity (Wildman–Crippen MR) is 74.3 cm³/mol. The van der Waals surface area contributed by atoms with E-state index in [9.17, 15) is 9.59 Å². The average molecular weight is 276 g/mol. The van der Waals surface area contributed by atoms with Gasteiger partial charge in [-0.3, -0.25) is 10.1 Å². The lowest BCUT2D eigenvalue weighted by atomic mass is 10.3. The van der Waals surface area contributed by atoms with E-state index < -0.39 is 5.97 Å². The molecule has 6 heteroatoms. The van der Waals surface area contributed by atoms with E-state index in [-0.39, 0.29) is 19.1 Å². The van der Waals surface area contributed by atoms with E-state index in [1.54, 1.807) is 24.3 Å². The Bertz CT molecular complexity index is 491. The number of nitrogens with one attached hydrogen (secondary N) is 2. The number of benzene rings is 1. The number of carbonyl (C=O) groups excluding carboxylic acids is 2. The van der Waals surface area contributed by atoms with Crippen LogP contribution in [0.3, 0.4) is 0 Å². The number of anilines is 1. The van der Waals surface area contributed by atoms with E-state index >= 15 is 0 Å². The lowest BCUT2D eigenvalue weighted by Gasteiger charge is -2.07. The van der Waals surface area contributed by atoms with Crippen LogP contribution in [-0.2, 0) is 14.3 Å². The van der Waals surface area contributed by atoms with Gasteiger partial charge in [0.2, 0.25) is 5.91 Å². The van der Waals surface area contributed by atoms with E-state index in [1.165, 1.54) is 7.11 Å². The van der Waals surface area contributed by atoms with Gasteiger partial charge in [-0.15, -0.1) is 6.42 Å². The number of rotatable bonds is 7. The lowest BCUT2D eigenvalue weighted by Crippen LogP contribution is -2.28. The first-order valence-electron chi connectivity index (χ1n) is 5.89. The topological polar surface area (TPSA) is 76.7 Å². The van der Waals surface area contributed by atoms with Crippen LogP contribution in [0.25, 0.3) is 0 Å². The van der Waals surface area contributed by atoms with Gasteiger partial charge >= 0.3 is 5.97 Å². The number of terminal acetylenes is 1. The van der Waals surface area contributed by atoms with Gasteiger partial charge in [-0.05, 0) is 24.3 Å². The highest BCUT2D eigenvalue weighted by molar-refractivity contribution is 5.92. The van der Waals surface area contributed by atoms with Crippen molar-refractivity contribution >= 4 is 17.6 Å². The third-order valence-corrected chi connectivity index (χ3v) is 2.24. The first-order chi connectivity index (χ1) is 9.65. The molecule has 0 aliphatic heterocycles. The zero-order chi connectivity index (χ0) is 14.8. The van der Waals surface area contributed by atoms with Gasteiger partial charge in [0, 0.05) is 5.69 Å². The van der Waals surface area contributed by atoms with Crippen LogP contribution < -0.4 is 15.4 Å². The molecule has 1 rings (SSSR count). The number of methoxy groups -OCH3 is 1. The quantitative estimate of drug-likeness (QED) is 0.428. The molecule has 0 bridgehead atoms. The smallest absolute Gasteiger partial charge is 0.343 e. The molecule has 0 heterocycles. The normalized spacial score (nSPS) is 9.40. The summed E-state index contributed by atoms with van der Waals surface area (Å²) in [6.07, 6.45) is 5.05. The maximum absolute atomic E-state index is 11.5. The number of esters is 1. The third kappa shape index (κ3) is 5.89. The monoisotopic (exact) mass is 276 g/mol. The molecular weight excluding hydrogens is 260 g/mol. The molecule has 0 fully saturated rings. The second-order valence-electron chi connectivity index (χ2n) is 3.75. The fraction of sp³-hybridized carbons (Fsp3) is 0.286. The average Bonchev–Trinajstić information content (AvgIpc) is 2.46. The minimum Gasteiger partial charge on any atom is -0.482 e. The molecule has 0 unspecified atom stereocenters. The van der Waals surface area contributed by atoms with Gasteiger partial charge in [0.25, 0.3) is 0 Å². The summed E-state index contributed by atoms with van der Waals surface area (Å²) in [4.78, 5) is 22.4. The Kier molecular flexibility index (Phi) is 6.65. The molecule has 0 spiro atoms. The fourth-order valence-electron chi connectivity index (χ4n) is 1.29. The predicted octanol–water partition coefficient (Wildman–Crippen LogP) is 0.400. The lowest BCUT2D eigenvalue weighted by molar-refractivity contribution is -0.142. The van der Waals surface area contributed by atoms with Gasteiger partial charge in [-0.1, -0.05) is 5.92 Å². The van der Waals surface area contributed by atoms with Crippen LogP contribution in [0.2, 0.25) is 0 Å². The van der Waals surface area contributed by atoms with Crippen molar-refractivity contribution in [1.82, 2.24) is 5.32 Å². The third-order valence-electron chi connectivity index (χ3n) is 2.24. The molecule has 2 N–H and O–H groups in total. The summed E-state index contributed by atoms with van der Waals surface area (Å²) in [5.74, 6) is 2.24. The van der Waals surface area contributed by atoms with Crippen LogP contribution in [0.5, 0.6) is 5.75 Å². The number of hydrogen-bond acceptors (Lipinski definition) is 5. The number of amides is 1. The van der Waals surface area contributed by atoms with Gasteiger partial charge in [0.05, 0.1) is 20.2 Å².